The summed E-state index contributed by atoms with van der Waals surface area (Å²) in [6, 6.07) is 0.232. The molecule has 0 aliphatic heterocycles. The molecule has 1 aromatic rings. The lowest BCUT2D eigenvalue weighted by Gasteiger charge is -2.12. The van der Waals surface area contributed by atoms with Gasteiger partial charge in [-0.1, -0.05) is 46.0 Å². The van der Waals surface area contributed by atoms with E-state index in [1.54, 1.807) is 0 Å². The Balaban J connectivity index is 2.28. The lowest BCUT2D eigenvalue weighted by Crippen LogP contribution is -2.23. The largest absolute Gasteiger partial charge is 0.307 e. The molecule has 1 unspecified atom stereocenters. The Kier molecular flexibility index (Phi) is 8.38. The summed E-state index contributed by atoms with van der Waals surface area (Å²) in [6.45, 7) is 8.48. The quantitative estimate of drug-likeness (QED) is 0.626. The van der Waals surface area contributed by atoms with Crippen LogP contribution in [0.4, 0.5) is 0 Å². The number of hydrogen-bond donors (Lipinski definition) is 1. The van der Waals surface area contributed by atoms with Gasteiger partial charge in [0.15, 0.2) is 5.82 Å². The molecule has 1 N–H and O–H groups in total. The highest BCUT2D eigenvalue weighted by Gasteiger charge is 2.12. The highest BCUT2D eigenvalue weighted by molar-refractivity contribution is 4.89. The lowest BCUT2D eigenvalue weighted by atomic mass is 10.1. The SMILES string of the molecule is CCCCCCCCn1nnnc1C(C)NCCC. The smallest absolute Gasteiger partial charge is 0.167 e. The van der Waals surface area contributed by atoms with Crippen molar-refractivity contribution in [2.45, 2.75) is 78.3 Å². The maximum Gasteiger partial charge on any atom is 0.167 e. The van der Waals surface area contributed by atoms with E-state index in [4.69, 9.17) is 0 Å². The van der Waals surface area contributed by atoms with Gasteiger partial charge >= 0.3 is 0 Å². The molecule has 5 nitrogen and oxygen atoms in total. The highest BCUT2D eigenvalue weighted by Crippen LogP contribution is 2.10. The number of unbranched alkanes of at least 4 members (excludes halogenated alkanes) is 5. The van der Waals surface area contributed by atoms with Crippen molar-refractivity contribution in [1.82, 2.24) is 25.5 Å². The van der Waals surface area contributed by atoms with Crippen LogP contribution in [0.3, 0.4) is 0 Å². The summed E-state index contributed by atoms with van der Waals surface area (Å²) in [5.74, 6) is 0.960. The first kappa shape index (κ1) is 16.1. The minimum Gasteiger partial charge on any atom is -0.307 e. The molecule has 1 atom stereocenters. The third-order valence-corrected chi connectivity index (χ3v) is 3.37. The number of aromatic nitrogens is 4. The van der Waals surface area contributed by atoms with Gasteiger partial charge < -0.3 is 5.32 Å². The van der Waals surface area contributed by atoms with Gasteiger partial charge in [0.05, 0.1) is 6.04 Å². The number of hydrogen-bond acceptors (Lipinski definition) is 4. The molecule has 0 aromatic carbocycles. The third-order valence-electron chi connectivity index (χ3n) is 3.37. The second-order valence-corrected chi connectivity index (χ2v) is 5.20. The molecule has 110 valence electrons. The number of aryl methyl sites for hydroxylation is 1. The van der Waals surface area contributed by atoms with E-state index in [1.807, 2.05) is 4.68 Å². The molecule has 1 aromatic heterocycles. The van der Waals surface area contributed by atoms with Crippen molar-refractivity contribution in [1.29, 1.82) is 0 Å². The highest BCUT2D eigenvalue weighted by atomic mass is 15.5. The summed E-state index contributed by atoms with van der Waals surface area (Å²) in [7, 11) is 0. The monoisotopic (exact) mass is 267 g/mol. The molecule has 0 fully saturated rings. The average Bonchev–Trinajstić information content (AvgIpc) is 2.88. The van der Waals surface area contributed by atoms with Crippen LogP contribution in [0.15, 0.2) is 0 Å². The van der Waals surface area contributed by atoms with Gasteiger partial charge in [-0.25, -0.2) is 4.68 Å². The normalized spacial score (nSPS) is 12.8. The molecule has 0 bridgehead atoms. The standard InChI is InChI=1S/C14H29N5/c1-4-6-7-8-9-10-12-19-14(16-17-18-19)13(3)15-11-5-2/h13,15H,4-12H2,1-3H3. The van der Waals surface area contributed by atoms with Crippen molar-refractivity contribution >= 4 is 0 Å². The lowest BCUT2D eigenvalue weighted by molar-refractivity contribution is 0.463. The van der Waals surface area contributed by atoms with Crippen LogP contribution in [0.2, 0.25) is 0 Å². The Morgan fingerprint density at radius 3 is 2.53 bits per heavy atom. The van der Waals surface area contributed by atoms with Crippen molar-refractivity contribution in [3.63, 3.8) is 0 Å². The zero-order valence-electron chi connectivity index (χ0n) is 12.7. The average molecular weight is 267 g/mol. The topological polar surface area (TPSA) is 55.6 Å². The summed E-state index contributed by atoms with van der Waals surface area (Å²) in [4.78, 5) is 0. The van der Waals surface area contributed by atoms with Crippen LogP contribution in [-0.4, -0.2) is 26.8 Å². The fourth-order valence-corrected chi connectivity index (χ4v) is 2.17. The Hall–Kier alpha value is -0.970. The predicted molar refractivity (Wildman–Crippen MR) is 77.9 cm³/mol. The molecular formula is C14H29N5. The van der Waals surface area contributed by atoms with E-state index in [-0.39, 0.29) is 6.04 Å². The molecule has 0 radical (unpaired) electrons. The van der Waals surface area contributed by atoms with Crippen molar-refractivity contribution in [2.75, 3.05) is 6.54 Å². The van der Waals surface area contributed by atoms with E-state index in [1.165, 1.54) is 38.5 Å². The van der Waals surface area contributed by atoms with Gasteiger partial charge in [-0.2, -0.15) is 0 Å². The van der Waals surface area contributed by atoms with E-state index < -0.39 is 0 Å². The first-order valence-corrected chi connectivity index (χ1v) is 7.79. The Morgan fingerprint density at radius 2 is 1.79 bits per heavy atom. The van der Waals surface area contributed by atoms with E-state index in [0.29, 0.717) is 0 Å². The summed E-state index contributed by atoms with van der Waals surface area (Å²) in [6.07, 6.45) is 8.91. The Bertz CT molecular complexity index is 323. The number of tetrazole rings is 1. The van der Waals surface area contributed by atoms with Gasteiger partial charge in [0.2, 0.25) is 0 Å². The minimum absolute atomic E-state index is 0.232. The molecule has 1 heterocycles. The third kappa shape index (κ3) is 6.14. The van der Waals surface area contributed by atoms with Crippen molar-refractivity contribution in [3.8, 4) is 0 Å². The van der Waals surface area contributed by atoms with Crippen LogP contribution in [0.5, 0.6) is 0 Å². The molecule has 0 saturated heterocycles. The van der Waals surface area contributed by atoms with Gasteiger partial charge in [-0.3, -0.25) is 0 Å². The van der Waals surface area contributed by atoms with Gasteiger partial charge in [-0.15, -0.1) is 5.10 Å². The van der Waals surface area contributed by atoms with E-state index >= 15 is 0 Å². The molecule has 0 aliphatic carbocycles. The van der Waals surface area contributed by atoms with Gasteiger partial charge in [0.25, 0.3) is 0 Å². The van der Waals surface area contributed by atoms with Crippen LogP contribution in [0, 0.1) is 0 Å². The zero-order valence-corrected chi connectivity index (χ0v) is 12.7. The molecule has 0 amide bonds. The van der Waals surface area contributed by atoms with Crippen molar-refractivity contribution in [2.24, 2.45) is 0 Å². The maximum atomic E-state index is 4.14. The predicted octanol–water partition coefficient (Wildman–Crippen LogP) is 3.09. The molecule has 5 heteroatoms. The van der Waals surface area contributed by atoms with E-state index in [2.05, 4.69) is 41.6 Å². The number of rotatable bonds is 11. The first-order chi connectivity index (χ1) is 9.29. The van der Waals surface area contributed by atoms with Crippen LogP contribution in [0.25, 0.3) is 0 Å². The molecule has 1 rings (SSSR count). The van der Waals surface area contributed by atoms with Crippen molar-refractivity contribution < 1.29 is 0 Å². The summed E-state index contributed by atoms with van der Waals surface area (Å²) in [5.41, 5.74) is 0. The van der Waals surface area contributed by atoms with Crippen LogP contribution >= 0.6 is 0 Å². The zero-order chi connectivity index (χ0) is 13.9. The number of nitrogens with zero attached hydrogens (tertiary/aromatic N) is 4. The summed E-state index contributed by atoms with van der Waals surface area (Å²) in [5, 5.41) is 15.5. The molecule has 19 heavy (non-hydrogen) atoms. The molecule has 0 aliphatic rings. The summed E-state index contributed by atoms with van der Waals surface area (Å²) >= 11 is 0. The van der Waals surface area contributed by atoms with Crippen LogP contribution < -0.4 is 5.32 Å². The first-order valence-electron chi connectivity index (χ1n) is 7.79. The second-order valence-electron chi connectivity index (χ2n) is 5.20. The second kappa shape index (κ2) is 9.89. The van der Waals surface area contributed by atoms with Gasteiger partial charge in [-0.05, 0) is 36.7 Å². The fourth-order valence-electron chi connectivity index (χ4n) is 2.17. The van der Waals surface area contributed by atoms with Gasteiger partial charge in [0.1, 0.15) is 0 Å². The van der Waals surface area contributed by atoms with E-state index in [9.17, 15) is 0 Å². The van der Waals surface area contributed by atoms with E-state index in [0.717, 1.165) is 25.3 Å². The number of nitrogens with one attached hydrogen (secondary N) is 1. The minimum atomic E-state index is 0.232. The molecular weight excluding hydrogens is 238 g/mol. The van der Waals surface area contributed by atoms with Crippen LogP contribution in [0.1, 0.15) is 77.6 Å². The van der Waals surface area contributed by atoms with Gasteiger partial charge in [0, 0.05) is 6.54 Å². The maximum absolute atomic E-state index is 4.14. The van der Waals surface area contributed by atoms with Crippen LogP contribution in [-0.2, 0) is 6.54 Å². The van der Waals surface area contributed by atoms with Crippen molar-refractivity contribution in [3.05, 3.63) is 5.82 Å². The molecule has 0 saturated carbocycles. The Morgan fingerprint density at radius 1 is 1.05 bits per heavy atom. The Labute approximate surface area is 117 Å². The molecule has 0 spiro atoms. The summed E-state index contributed by atoms with van der Waals surface area (Å²) < 4.78 is 1.95. The fraction of sp³-hybridized carbons (Fsp3) is 0.929.